The fraction of sp³-hybridized carbons (Fsp3) is 0.375. The van der Waals surface area contributed by atoms with Crippen molar-refractivity contribution in [1.29, 1.82) is 0 Å². The first kappa shape index (κ1) is 15.7. The van der Waals surface area contributed by atoms with Gasteiger partial charge in [-0.25, -0.2) is 4.98 Å². The first-order valence-electron chi connectivity index (χ1n) is 7.12. The summed E-state index contributed by atoms with van der Waals surface area (Å²) in [5.41, 5.74) is 8.57. The van der Waals surface area contributed by atoms with Gasteiger partial charge in [0.05, 0.1) is 12.1 Å². The van der Waals surface area contributed by atoms with Gasteiger partial charge in [-0.15, -0.1) is 11.3 Å². The molecule has 1 aromatic carbocycles. The van der Waals surface area contributed by atoms with Crippen molar-refractivity contribution < 1.29 is 4.79 Å². The first-order chi connectivity index (χ1) is 10.0. The predicted octanol–water partition coefficient (Wildman–Crippen LogP) is 3.22. The average Bonchev–Trinajstić information content (AvgIpc) is 2.97. The van der Waals surface area contributed by atoms with Crippen LogP contribution in [0.15, 0.2) is 29.6 Å². The standard InChI is InChI=1S/C16H21N3OS/c1-4-12-5-7-13(8-6-12)11(3)18-15(20)14-9-21-16(19-14)10(2)17/h5-11H,4,17H2,1-3H3,(H,18,20). The van der Waals surface area contributed by atoms with E-state index in [4.69, 9.17) is 5.73 Å². The molecular formula is C16H21N3OS. The molecular weight excluding hydrogens is 282 g/mol. The van der Waals surface area contributed by atoms with Crippen molar-refractivity contribution in [3.63, 3.8) is 0 Å². The molecule has 4 nitrogen and oxygen atoms in total. The van der Waals surface area contributed by atoms with E-state index in [9.17, 15) is 4.79 Å². The van der Waals surface area contributed by atoms with Gasteiger partial charge in [0, 0.05) is 5.38 Å². The van der Waals surface area contributed by atoms with Gasteiger partial charge >= 0.3 is 0 Å². The van der Waals surface area contributed by atoms with E-state index in [2.05, 4.69) is 41.5 Å². The van der Waals surface area contributed by atoms with E-state index in [-0.39, 0.29) is 18.0 Å². The Kier molecular flexibility index (Phi) is 5.09. The number of aryl methyl sites for hydroxylation is 1. The summed E-state index contributed by atoms with van der Waals surface area (Å²) in [5, 5.41) is 5.50. The Morgan fingerprint density at radius 1 is 1.33 bits per heavy atom. The Bertz CT molecular complexity index is 604. The molecule has 3 N–H and O–H groups in total. The number of nitrogens with one attached hydrogen (secondary N) is 1. The summed E-state index contributed by atoms with van der Waals surface area (Å²) < 4.78 is 0. The van der Waals surface area contributed by atoms with Gasteiger partial charge in [0.15, 0.2) is 0 Å². The van der Waals surface area contributed by atoms with E-state index in [1.54, 1.807) is 5.38 Å². The van der Waals surface area contributed by atoms with Crippen molar-refractivity contribution in [2.24, 2.45) is 5.73 Å². The van der Waals surface area contributed by atoms with Crippen LogP contribution in [0.2, 0.25) is 0 Å². The van der Waals surface area contributed by atoms with Crippen LogP contribution in [0.5, 0.6) is 0 Å². The Morgan fingerprint density at radius 3 is 2.52 bits per heavy atom. The molecule has 2 aromatic rings. The van der Waals surface area contributed by atoms with Gasteiger partial charge in [-0.05, 0) is 31.4 Å². The minimum Gasteiger partial charge on any atom is -0.344 e. The number of aromatic nitrogens is 1. The van der Waals surface area contributed by atoms with Crippen LogP contribution in [-0.2, 0) is 6.42 Å². The zero-order valence-electron chi connectivity index (χ0n) is 12.6. The van der Waals surface area contributed by atoms with Crippen molar-refractivity contribution in [2.75, 3.05) is 0 Å². The summed E-state index contributed by atoms with van der Waals surface area (Å²) in [5.74, 6) is -0.162. The Balaban J connectivity index is 2.03. The third kappa shape index (κ3) is 3.89. The van der Waals surface area contributed by atoms with Gasteiger partial charge < -0.3 is 11.1 Å². The van der Waals surface area contributed by atoms with E-state index in [0.717, 1.165) is 17.0 Å². The highest BCUT2D eigenvalue weighted by molar-refractivity contribution is 7.09. The maximum atomic E-state index is 12.2. The lowest BCUT2D eigenvalue weighted by Crippen LogP contribution is -2.27. The van der Waals surface area contributed by atoms with Crippen LogP contribution in [0.4, 0.5) is 0 Å². The van der Waals surface area contributed by atoms with Crippen LogP contribution >= 0.6 is 11.3 Å². The SMILES string of the molecule is CCc1ccc(C(C)NC(=O)c2csc(C(C)N)n2)cc1. The molecule has 0 aliphatic rings. The predicted molar refractivity (Wildman–Crippen MR) is 86.4 cm³/mol. The molecule has 0 fully saturated rings. The summed E-state index contributed by atoms with van der Waals surface area (Å²) in [7, 11) is 0. The van der Waals surface area contributed by atoms with Crippen LogP contribution in [0, 0.1) is 0 Å². The first-order valence-corrected chi connectivity index (χ1v) is 8.00. The van der Waals surface area contributed by atoms with Crippen molar-refractivity contribution in [1.82, 2.24) is 10.3 Å². The number of nitrogens with two attached hydrogens (primary N) is 1. The maximum Gasteiger partial charge on any atom is 0.271 e. The van der Waals surface area contributed by atoms with Crippen LogP contribution in [0.3, 0.4) is 0 Å². The second-order valence-corrected chi connectivity index (χ2v) is 6.04. The third-order valence-corrected chi connectivity index (χ3v) is 4.43. The van der Waals surface area contributed by atoms with Crippen molar-refractivity contribution >= 4 is 17.2 Å². The van der Waals surface area contributed by atoms with Crippen molar-refractivity contribution in [2.45, 2.75) is 39.3 Å². The smallest absolute Gasteiger partial charge is 0.271 e. The number of carbonyl (C=O) groups excluding carboxylic acids is 1. The Labute approximate surface area is 129 Å². The fourth-order valence-corrected chi connectivity index (χ4v) is 2.75. The Morgan fingerprint density at radius 2 is 2.00 bits per heavy atom. The average molecular weight is 303 g/mol. The van der Waals surface area contributed by atoms with E-state index in [1.165, 1.54) is 16.9 Å². The highest BCUT2D eigenvalue weighted by Crippen LogP contribution is 2.18. The van der Waals surface area contributed by atoms with E-state index in [1.807, 2.05) is 13.8 Å². The lowest BCUT2D eigenvalue weighted by atomic mass is 10.0. The zero-order valence-corrected chi connectivity index (χ0v) is 13.4. The maximum absolute atomic E-state index is 12.2. The molecule has 0 saturated heterocycles. The summed E-state index contributed by atoms with van der Waals surface area (Å²) in [6, 6.07) is 8.10. The third-order valence-electron chi connectivity index (χ3n) is 3.38. The number of hydrogen-bond acceptors (Lipinski definition) is 4. The number of carbonyl (C=O) groups is 1. The molecule has 0 bridgehead atoms. The van der Waals surface area contributed by atoms with Gasteiger partial charge in [0.1, 0.15) is 10.7 Å². The molecule has 21 heavy (non-hydrogen) atoms. The van der Waals surface area contributed by atoms with E-state index >= 15 is 0 Å². The molecule has 2 rings (SSSR count). The minimum atomic E-state index is -0.162. The number of benzene rings is 1. The largest absolute Gasteiger partial charge is 0.344 e. The van der Waals surface area contributed by atoms with Gasteiger partial charge in [-0.2, -0.15) is 0 Å². The highest BCUT2D eigenvalue weighted by atomic mass is 32.1. The van der Waals surface area contributed by atoms with E-state index < -0.39 is 0 Å². The summed E-state index contributed by atoms with van der Waals surface area (Å²) in [6.07, 6.45) is 1.01. The highest BCUT2D eigenvalue weighted by Gasteiger charge is 2.15. The van der Waals surface area contributed by atoms with Crippen LogP contribution in [-0.4, -0.2) is 10.9 Å². The van der Waals surface area contributed by atoms with E-state index in [0.29, 0.717) is 5.69 Å². The molecule has 0 saturated carbocycles. The fourth-order valence-electron chi connectivity index (χ4n) is 2.00. The second-order valence-electron chi connectivity index (χ2n) is 5.15. The topological polar surface area (TPSA) is 68.0 Å². The van der Waals surface area contributed by atoms with Crippen LogP contribution < -0.4 is 11.1 Å². The number of thiazole rings is 1. The molecule has 2 atom stereocenters. The van der Waals surface area contributed by atoms with Gasteiger partial charge in [0.2, 0.25) is 0 Å². The molecule has 0 spiro atoms. The molecule has 0 aliphatic heterocycles. The molecule has 1 heterocycles. The van der Waals surface area contributed by atoms with Gasteiger partial charge in [0.25, 0.3) is 5.91 Å². The van der Waals surface area contributed by atoms with Gasteiger partial charge in [-0.1, -0.05) is 31.2 Å². The van der Waals surface area contributed by atoms with Crippen LogP contribution in [0.1, 0.15) is 59.5 Å². The molecule has 0 radical (unpaired) electrons. The lowest BCUT2D eigenvalue weighted by molar-refractivity contribution is 0.0935. The molecule has 0 aliphatic carbocycles. The molecule has 2 unspecified atom stereocenters. The number of hydrogen-bond donors (Lipinski definition) is 2. The monoisotopic (exact) mass is 303 g/mol. The van der Waals surface area contributed by atoms with Crippen LogP contribution in [0.25, 0.3) is 0 Å². The van der Waals surface area contributed by atoms with Crippen molar-refractivity contribution in [3.8, 4) is 0 Å². The van der Waals surface area contributed by atoms with Gasteiger partial charge in [-0.3, -0.25) is 4.79 Å². The molecule has 112 valence electrons. The normalized spacial score (nSPS) is 13.7. The molecule has 5 heteroatoms. The van der Waals surface area contributed by atoms with Crippen molar-refractivity contribution in [3.05, 3.63) is 51.5 Å². The Hall–Kier alpha value is -1.72. The lowest BCUT2D eigenvalue weighted by Gasteiger charge is -2.14. The minimum absolute atomic E-state index is 0.0520. The number of nitrogens with zero attached hydrogens (tertiary/aromatic N) is 1. The quantitative estimate of drug-likeness (QED) is 0.891. The number of amides is 1. The molecule has 1 amide bonds. The number of rotatable bonds is 5. The summed E-state index contributed by atoms with van der Waals surface area (Å²) >= 11 is 1.42. The zero-order chi connectivity index (χ0) is 15.4. The summed E-state index contributed by atoms with van der Waals surface area (Å²) in [4.78, 5) is 16.4. The summed E-state index contributed by atoms with van der Waals surface area (Å²) in [6.45, 7) is 5.95. The molecule has 1 aromatic heterocycles. The second kappa shape index (κ2) is 6.83.